The van der Waals surface area contributed by atoms with Crippen LogP contribution in [0.15, 0.2) is 12.1 Å². The largest absolute Gasteiger partial charge is 0.586 e. The third-order valence-corrected chi connectivity index (χ3v) is 3.71. The number of amides is 1. The second-order valence-electron chi connectivity index (χ2n) is 6.01. The molecule has 23 heavy (non-hydrogen) atoms. The molecule has 6 nitrogen and oxygen atoms in total. The van der Waals surface area contributed by atoms with Crippen LogP contribution in [0.4, 0.5) is 8.78 Å². The van der Waals surface area contributed by atoms with E-state index in [-0.39, 0.29) is 24.0 Å². The molecule has 0 atom stereocenters. The normalized spacial score (nSPS) is 20.0. The van der Waals surface area contributed by atoms with Gasteiger partial charge in [0.15, 0.2) is 11.5 Å². The molecule has 1 fully saturated rings. The first kappa shape index (κ1) is 15.9. The number of carbonyl (C=O) groups is 1. The van der Waals surface area contributed by atoms with Gasteiger partial charge in [0.05, 0.1) is 6.54 Å². The van der Waals surface area contributed by atoms with Gasteiger partial charge in [-0.05, 0) is 14.1 Å². The van der Waals surface area contributed by atoms with Crippen molar-refractivity contribution in [3.63, 3.8) is 0 Å². The minimum atomic E-state index is -3.65. The maximum Gasteiger partial charge on any atom is 0.586 e. The van der Waals surface area contributed by atoms with Gasteiger partial charge in [-0.3, -0.25) is 9.69 Å². The zero-order chi connectivity index (χ0) is 16.6. The Kier molecular flexibility index (Phi) is 4.11. The molecule has 0 aromatic heterocycles. The Labute approximate surface area is 132 Å². The van der Waals surface area contributed by atoms with Crippen molar-refractivity contribution in [1.82, 2.24) is 15.1 Å². The van der Waals surface area contributed by atoms with Crippen LogP contribution in [-0.2, 0) is 17.9 Å². The van der Waals surface area contributed by atoms with Crippen molar-refractivity contribution in [2.45, 2.75) is 19.4 Å². The van der Waals surface area contributed by atoms with Gasteiger partial charge in [-0.2, -0.15) is 0 Å². The number of halogens is 2. The zero-order valence-corrected chi connectivity index (χ0v) is 13.1. The predicted molar refractivity (Wildman–Crippen MR) is 78.3 cm³/mol. The second kappa shape index (κ2) is 5.93. The van der Waals surface area contributed by atoms with Crippen LogP contribution in [0.5, 0.6) is 11.5 Å². The lowest BCUT2D eigenvalue weighted by Gasteiger charge is -2.26. The summed E-state index contributed by atoms with van der Waals surface area (Å²) >= 11 is 0. The average molecular weight is 327 g/mol. The molecule has 1 aromatic carbocycles. The third kappa shape index (κ3) is 3.53. The van der Waals surface area contributed by atoms with Crippen LogP contribution in [0.3, 0.4) is 0 Å². The number of hydrogen-bond donors (Lipinski definition) is 1. The Morgan fingerprint density at radius 3 is 2.57 bits per heavy atom. The molecule has 2 aliphatic heterocycles. The smallest absolute Gasteiger partial charge is 0.395 e. The Hall–Kier alpha value is -1.93. The molecule has 3 rings (SSSR count). The molecular formula is C15H19F2N3O3. The van der Waals surface area contributed by atoms with Crippen LogP contribution < -0.4 is 14.8 Å². The summed E-state index contributed by atoms with van der Waals surface area (Å²) < 4.78 is 36.5. The number of fused-ring (bicyclic) bond motifs is 1. The molecule has 8 heteroatoms. The van der Waals surface area contributed by atoms with Crippen LogP contribution >= 0.6 is 0 Å². The van der Waals surface area contributed by atoms with E-state index in [9.17, 15) is 13.6 Å². The quantitative estimate of drug-likeness (QED) is 0.894. The molecule has 0 aliphatic carbocycles. The lowest BCUT2D eigenvalue weighted by Crippen LogP contribution is -2.47. The number of nitrogens with zero attached hydrogens (tertiary/aromatic N) is 2. The number of piperazine rings is 1. The van der Waals surface area contributed by atoms with Crippen LogP contribution in [0.25, 0.3) is 0 Å². The Balaban J connectivity index is 1.87. The number of benzene rings is 1. The lowest BCUT2D eigenvalue weighted by molar-refractivity contribution is -0.287. The van der Waals surface area contributed by atoms with E-state index in [4.69, 9.17) is 9.47 Å². The number of carbonyl (C=O) groups excluding carboxylic acids is 1. The van der Waals surface area contributed by atoms with Gasteiger partial charge < -0.3 is 19.7 Å². The van der Waals surface area contributed by atoms with E-state index in [1.54, 1.807) is 12.1 Å². The number of alkyl halides is 2. The maximum absolute atomic E-state index is 13.5. The summed E-state index contributed by atoms with van der Waals surface area (Å²) in [5.41, 5.74) is 1.23. The fraction of sp³-hybridized carbons (Fsp3) is 0.533. The monoisotopic (exact) mass is 327 g/mol. The van der Waals surface area contributed by atoms with Crippen molar-refractivity contribution in [2.24, 2.45) is 0 Å². The highest BCUT2D eigenvalue weighted by Gasteiger charge is 2.45. The molecule has 2 heterocycles. The molecule has 0 bridgehead atoms. The minimum Gasteiger partial charge on any atom is -0.395 e. The average Bonchev–Trinajstić information content (AvgIpc) is 2.77. The van der Waals surface area contributed by atoms with Gasteiger partial charge in [0.25, 0.3) is 0 Å². The van der Waals surface area contributed by atoms with Crippen LogP contribution in [-0.4, -0.2) is 55.7 Å². The van der Waals surface area contributed by atoms with Crippen molar-refractivity contribution in [2.75, 3.05) is 33.7 Å². The second-order valence-corrected chi connectivity index (χ2v) is 6.01. The summed E-state index contributed by atoms with van der Waals surface area (Å²) in [6.45, 7) is 2.28. The minimum absolute atomic E-state index is 0.0698. The van der Waals surface area contributed by atoms with E-state index in [0.717, 1.165) is 0 Å². The molecule has 0 saturated carbocycles. The molecule has 2 aliphatic rings. The van der Waals surface area contributed by atoms with E-state index in [0.29, 0.717) is 37.3 Å². The number of rotatable bonds is 4. The molecule has 126 valence electrons. The highest BCUT2D eigenvalue weighted by Crippen LogP contribution is 2.46. The van der Waals surface area contributed by atoms with E-state index in [1.165, 1.54) is 0 Å². The third-order valence-electron chi connectivity index (χ3n) is 3.71. The summed E-state index contributed by atoms with van der Waals surface area (Å²) in [5, 5.41) is 2.73. The van der Waals surface area contributed by atoms with E-state index < -0.39 is 6.29 Å². The van der Waals surface area contributed by atoms with Crippen molar-refractivity contribution in [3.05, 3.63) is 23.3 Å². The first-order chi connectivity index (χ1) is 10.8. The summed E-state index contributed by atoms with van der Waals surface area (Å²) in [5.74, 6) is 0.0858. The van der Waals surface area contributed by atoms with Gasteiger partial charge >= 0.3 is 6.29 Å². The summed E-state index contributed by atoms with van der Waals surface area (Å²) in [7, 11) is 3.70. The molecular weight excluding hydrogens is 308 g/mol. The van der Waals surface area contributed by atoms with Gasteiger partial charge in [-0.25, -0.2) is 0 Å². The first-order valence-corrected chi connectivity index (χ1v) is 7.38. The van der Waals surface area contributed by atoms with Crippen LogP contribution in [0.1, 0.15) is 11.1 Å². The predicted octanol–water partition coefficient (Wildman–Crippen LogP) is 1.00. The van der Waals surface area contributed by atoms with E-state index >= 15 is 0 Å². The molecule has 1 amide bonds. The SMILES string of the molecule is CN(C)Cc1ccc(CN2CCNC(=O)C2)c2c1OC(F)(F)O2. The van der Waals surface area contributed by atoms with Gasteiger partial charge in [0.1, 0.15) is 0 Å². The Morgan fingerprint density at radius 2 is 1.91 bits per heavy atom. The highest BCUT2D eigenvalue weighted by molar-refractivity contribution is 5.78. The number of hydrogen-bond acceptors (Lipinski definition) is 5. The standard InChI is InChI=1S/C15H19F2N3O3/c1-19(2)7-10-3-4-11(8-20-6-5-18-12(21)9-20)14-13(10)22-15(16,17)23-14/h3-4H,5-9H2,1-2H3,(H,18,21). The van der Waals surface area contributed by atoms with Crippen molar-refractivity contribution < 1.29 is 23.0 Å². The van der Waals surface area contributed by atoms with Crippen LogP contribution in [0.2, 0.25) is 0 Å². The topological polar surface area (TPSA) is 54.0 Å². The van der Waals surface area contributed by atoms with Gasteiger partial charge in [-0.1, -0.05) is 12.1 Å². The van der Waals surface area contributed by atoms with Crippen LogP contribution in [0, 0.1) is 0 Å². The van der Waals surface area contributed by atoms with Crippen molar-refractivity contribution in [1.29, 1.82) is 0 Å². The molecule has 0 unspecified atom stereocenters. The fourth-order valence-electron chi connectivity index (χ4n) is 2.78. The molecule has 1 aromatic rings. The van der Waals surface area contributed by atoms with Crippen molar-refractivity contribution >= 4 is 5.91 Å². The Morgan fingerprint density at radius 1 is 1.26 bits per heavy atom. The van der Waals surface area contributed by atoms with Crippen molar-refractivity contribution in [3.8, 4) is 11.5 Å². The summed E-state index contributed by atoms with van der Waals surface area (Å²) in [4.78, 5) is 15.2. The Bertz CT molecular complexity index is 622. The van der Waals surface area contributed by atoms with Gasteiger partial charge in [0.2, 0.25) is 5.91 Å². The number of nitrogens with one attached hydrogen (secondary N) is 1. The van der Waals surface area contributed by atoms with E-state index in [2.05, 4.69) is 5.32 Å². The summed E-state index contributed by atoms with van der Waals surface area (Å²) in [6, 6.07) is 3.53. The summed E-state index contributed by atoms with van der Waals surface area (Å²) in [6.07, 6.45) is -3.65. The molecule has 0 radical (unpaired) electrons. The highest BCUT2D eigenvalue weighted by atomic mass is 19.3. The van der Waals surface area contributed by atoms with E-state index in [1.807, 2.05) is 23.9 Å². The molecule has 1 saturated heterocycles. The molecule has 0 spiro atoms. The maximum atomic E-state index is 13.5. The molecule has 1 N–H and O–H groups in total. The fourth-order valence-corrected chi connectivity index (χ4v) is 2.78. The van der Waals surface area contributed by atoms with Gasteiger partial charge in [0, 0.05) is 37.3 Å². The number of ether oxygens (including phenoxy) is 2. The zero-order valence-electron chi connectivity index (χ0n) is 13.1. The first-order valence-electron chi connectivity index (χ1n) is 7.38. The van der Waals surface area contributed by atoms with Gasteiger partial charge in [-0.15, -0.1) is 8.78 Å². The lowest BCUT2D eigenvalue weighted by atomic mass is 10.1.